The van der Waals surface area contributed by atoms with Crippen LogP contribution in [0.3, 0.4) is 0 Å². The molecule has 0 atom stereocenters. The second-order valence-electron chi connectivity index (χ2n) is 7.72. The molecule has 0 aliphatic carbocycles. The molecule has 0 saturated carbocycles. The Balaban J connectivity index is 0.00000106. The van der Waals surface area contributed by atoms with Crippen LogP contribution in [0.1, 0.15) is 30.3 Å². The van der Waals surface area contributed by atoms with Gasteiger partial charge in [-0.1, -0.05) is 37.1 Å². The average Bonchev–Trinajstić information content (AvgIpc) is 3.24. The van der Waals surface area contributed by atoms with Crippen molar-refractivity contribution in [3.05, 3.63) is 58.1 Å². The topological polar surface area (TPSA) is 104 Å². The summed E-state index contributed by atoms with van der Waals surface area (Å²) in [6, 6.07) is 12.7. The normalized spacial score (nSPS) is 10.8. The Morgan fingerprint density at radius 1 is 1.22 bits per heavy atom. The molecule has 0 fully saturated rings. The quantitative estimate of drug-likeness (QED) is 0.245. The summed E-state index contributed by atoms with van der Waals surface area (Å²) in [5, 5.41) is 4.44. The lowest BCUT2D eigenvalue weighted by Gasteiger charge is -2.24. The number of halogens is 1. The minimum absolute atomic E-state index is 0.342. The third kappa shape index (κ3) is 8.94. The van der Waals surface area contributed by atoms with Gasteiger partial charge in [0, 0.05) is 25.2 Å². The van der Waals surface area contributed by atoms with Gasteiger partial charge in [0.15, 0.2) is 0 Å². The molecule has 3 aromatic rings. The number of aliphatic imine (C=N–C) groups is 1. The second-order valence-corrected chi connectivity index (χ2v) is 9.39. The fraction of sp³-hybridized carbons (Fsp3) is 0.320. The van der Waals surface area contributed by atoms with E-state index in [4.69, 9.17) is 16.4 Å². The first-order chi connectivity index (χ1) is 17.3. The van der Waals surface area contributed by atoms with E-state index in [1.807, 2.05) is 68.3 Å². The number of thiazole rings is 1. The molecular weight excluding hydrogens is 502 g/mol. The van der Waals surface area contributed by atoms with Gasteiger partial charge in [-0.05, 0) is 49.2 Å². The van der Waals surface area contributed by atoms with E-state index in [1.165, 1.54) is 7.11 Å². The van der Waals surface area contributed by atoms with Crippen LogP contribution in [0.15, 0.2) is 47.5 Å². The molecule has 0 unspecified atom stereocenters. The maximum absolute atomic E-state index is 12.7. The van der Waals surface area contributed by atoms with Gasteiger partial charge in [0.25, 0.3) is 6.47 Å². The van der Waals surface area contributed by atoms with Gasteiger partial charge < -0.3 is 9.64 Å². The number of guanidine groups is 1. The van der Waals surface area contributed by atoms with Gasteiger partial charge in [-0.15, -0.1) is 11.3 Å². The maximum Gasteiger partial charge on any atom is 0.330 e. The van der Waals surface area contributed by atoms with Crippen LogP contribution in [0.5, 0.6) is 0 Å². The predicted octanol–water partition coefficient (Wildman–Crippen LogP) is 5.13. The molecule has 11 heteroatoms. The van der Waals surface area contributed by atoms with Gasteiger partial charge in [0.1, 0.15) is 0 Å². The van der Waals surface area contributed by atoms with Crippen molar-refractivity contribution < 1.29 is 19.1 Å². The Bertz CT molecular complexity index is 1180. The van der Waals surface area contributed by atoms with E-state index in [0.717, 1.165) is 38.5 Å². The van der Waals surface area contributed by atoms with Crippen molar-refractivity contribution in [2.45, 2.75) is 33.2 Å². The van der Waals surface area contributed by atoms with Crippen LogP contribution in [0.2, 0.25) is 5.02 Å². The van der Waals surface area contributed by atoms with Crippen molar-refractivity contribution in [3.8, 4) is 0 Å². The number of aryl methyl sites for hydroxylation is 1. The number of hydrogen-bond donors (Lipinski definition) is 1. The van der Waals surface area contributed by atoms with E-state index in [9.17, 15) is 9.59 Å². The number of rotatable bonds is 8. The number of nitrogens with zero attached hydrogens (tertiary/aromatic N) is 4. The van der Waals surface area contributed by atoms with Crippen LogP contribution in [0.25, 0.3) is 10.2 Å². The largest absolute Gasteiger partial charge is 0.471 e. The molecule has 9 nitrogen and oxygen atoms in total. The molecule has 1 N–H and O–H groups in total. The first-order valence-corrected chi connectivity index (χ1v) is 12.4. The Labute approximate surface area is 219 Å². The molecule has 36 heavy (non-hydrogen) atoms. The minimum atomic E-state index is -0.509. The molecule has 1 heterocycles. The molecule has 1 aromatic heterocycles. The Morgan fingerprint density at radius 2 is 1.92 bits per heavy atom. The number of carbonyl (C=O) groups is 3. The highest BCUT2D eigenvalue weighted by atomic mass is 35.5. The molecule has 3 amide bonds. The van der Waals surface area contributed by atoms with Gasteiger partial charge in [-0.3, -0.25) is 19.8 Å². The Kier molecular flexibility index (Phi) is 11.8. The van der Waals surface area contributed by atoms with Crippen LogP contribution in [0, 0.1) is 6.92 Å². The van der Waals surface area contributed by atoms with Crippen molar-refractivity contribution in [2.75, 3.05) is 20.7 Å². The fourth-order valence-electron chi connectivity index (χ4n) is 3.07. The molecular formula is C25H30ClN5O4S. The summed E-state index contributed by atoms with van der Waals surface area (Å²) < 4.78 is 4.88. The zero-order chi connectivity index (χ0) is 26.5. The van der Waals surface area contributed by atoms with E-state index < -0.39 is 6.03 Å². The predicted molar refractivity (Wildman–Crippen MR) is 144 cm³/mol. The molecule has 3 rings (SSSR count). The van der Waals surface area contributed by atoms with E-state index in [0.29, 0.717) is 42.6 Å². The highest BCUT2D eigenvalue weighted by molar-refractivity contribution is 7.18. The summed E-state index contributed by atoms with van der Waals surface area (Å²) in [5.74, 6) is 0.342. The number of methoxy groups -OCH3 is 1. The highest BCUT2D eigenvalue weighted by Gasteiger charge is 2.17. The lowest BCUT2D eigenvalue weighted by Crippen LogP contribution is -2.48. The lowest BCUT2D eigenvalue weighted by atomic mass is 10.2. The SMILES string of the molecule is CCCCN(C=O)C(=O)NC(=Nc1ccc2nc(C)sc2c1)N(C)Cc1ccc(Cl)cc1.COC=O. The smallest absolute Gasteiger partial charge is 0.330 e. The first kappa shape index (κ1) is 28.7. The number of fused-ring (bicyclic) bond motifs is 1. The van der Waals surface area contributed by atoms with Crippen molar-refractivity contribution >= 4 is 63.7 Å². The molecule has 0 aliphatic rings. The molecule has 192 valence electrons. The molecule has 0 saturated heterocycles. The standard InChI is InChI=1S/C23H26ClN5O2S.C2H4O2/c1-4-5-12-29(15-30)23(31)27-22(28(3)14-17-6-8-18(24)9-7-17)26-19-10-11-20-21(13-19)32-16(2)25-20;1-4-2-3/h6-11,13,15H,4-5,12,14H2,1-3H3,(H,26,27,31);2H,1H3. The van der Waals surface area contributed by atoms with Gasteiger partial charge in [0.05, 0.1) is 28.0 Å². The summed E-state index contributed by atoms with van der Waals surface area (Å²) in [6.07, 6.45) is 2.16. The number of benzene rings is 2. The molecule has 0 aliphatic heterocycles. The highest BCUT2D eigenvalue weighted by Crippen LogP contribution is 2.26. The summed E-state index contributed by atoms with van der Waals surface area (Å²) in [6.45, 7) is 5.19. The zero-order valence-electron chi connectivity index (χ0n) is 20.7. The summed E-state index contributed by atoms with van der Waals surface area (Å²) in [7, 11) is 3.15. The van der Waals surface area contributed by atoms with E-state index >= 15 is 0 Å². The molecule has 2 aromatic carbocycles. The summed E-state index contributed by atoms with van der Waals surface area (Å²) >= 11 is 7.58. The molecule has 0 radical (unpaired) electrons. The molecule has 0 spiro atoms. The lowest BCUT2D eigenvalue weighted by molar-refractivity contribution is -0.126. The van der Waals surface area contributed by atoms with Crippen molar-refractivity contribution in [2.24, 2.45) is 4.99 Å². The zero-order valence-corrected chi connectivity index (χ0v) is 22.3. The average molecular weight is 532 g/mol. The molecule has 0 bridgehead atoms. The van der Waals surface area contributed by atoms with Gasteiger partial charge in [-0.2, -0.15) is 0 Å². The number of aromatic nitrogens is 1. The Morgan fingerprint density at radius 3 is 2.53 bits per heavy atom. The van der Waals surface area contributed by atoms with Gasteiger partial charge in [-0.25, -0.2) is 14.8 Å². The summed E-state index contributed by atoms with van der Waals surface area (Å²) in [4.78, 5) is 45.2. The van der Waals surface area contributed by atoms with Gasteiger partial charge in [0.2, 0.25) is 12.4 Å². The van der Waals surface area contributed by atoms with Crippen LogP contribution in [0.4, 0.5) is 10.5 Å². The number of unbranched alkanes of at least 4 members (excludes halogenated alkanes) is 1. The van der Waals surface area contributed by atoms with Gasteiger partial charge >= 0.3 is 6.03 Å². The second kappa shape index (κ2) is 14.8. The number of nitrogens with one attached hydrogen (secondary N) is 1. The third-order valence-corrected chi connectivity index (χ3v) is 6.05. The number of ether oxygens (including phenoxy) is 1. The number of hydrogen-bond acceptors (Lipinski definition) is 7. The number of carbonyl (C=O) groups excluding carboxylic acids is 3. The van der Waals surface area contributed by atoms with E-state index in [-0.39, 0.29) is 0 Å². The van der Waals surface area contributed by atoms with Crippen LogP contribution >= 0.6 is 22.9 Å². The van der Waals surface area contributed by atoms with E-state index in [1.54, 1.807) is 11.3 Å². The fourth-order valence-corrected chi connectivity index (χ4v) is 4.05. The van der Waals surface area contributed by atoms with Crippen LogP contribution < -0.4 is 5.32 Å². The Hall–Kier alpha value is -3.50. The van der Waals surface area contributed by atoms with Crippen molar-refractivity contribution in [1.29, 1.82) is 0 Å². The van der Waals surface area contributed by atoms with Crippen molar-refractivity contribution in [3.63, 3.8) is 0 Å². The number of urea groups is 1. The first-order valence-electron chi connectivity index (χ1n) is 11.2. The van der Waals surface area contributed by atoms with Crippen LogP contribution in [-0.4, -0.2) is 60.4 Å². The van der Waals surface area contributed by atoms with Crippen molar-refractivity contribution in [1.82, 2.24) is 20.1 Å². The number of imide groups is 1. The summed E-state index contributed by atoms with van der Waals surface area (Å²) in [5.41, 5.74) is 2.61. The number of amides is 3. The van der Waals surface area contributed by atoms with Crippen LogP contribution in [-0.2, 0) is 20.9 Å². The maximum atomic E-state index is 12.7. The minimum Gasteiger partial charge on any atom is -0.471 e. The van der Waals surface area contributed by atoms with E-state index in [2.05, 4.69) is 20.0 Å². The monoisotopic (exact) mass is 531 g/mol. The third-order valence-electron chi connectivity index (χ3n) is 4.86.